The highest BCUT2D eigenvalue weighted by Crippen LogP contribution is 2.17. The first kappa shape index (κ1) is 18.5. The Balaban J connectivity index is 1.59. The number of hydrogen-bond donors (Lipinski definition) is 1. The molecule has 0 aliphatic carbocycles. The van der Waals surface area contributed by atoms with Crippen molar-refractivity contribution in [2.75, 3.05) is 27.2 Å². The van der Waals surface area contributed by atoms with Crippen molar-refractivity contribution in [3.05, 3.63) is 65.7 Å². The van der Waals surface area contributed by atoms with Crippen LogP contribution in [0.25, 0.3) is 0 Å². The summed E-state index contributed by atoms with van der Waals surface area (Å²) in [6.45, 7) is 3.61. The van der Waals surface area contributed by atoms with Gasteiger partial charge in [0.15, 0.2) is 0 Å². The van der Waals surface area contributed by atoms with E-state index in [-0.39, 0.29) is 11.8 Å². The fourth-order valence-corrected chi connectivity index (χ4v) is 3.89. The molecule has 3 rings (SSSR count). The van der Waals surface area contributed by atoms with E-state index in [2.05, 4.69) is 24.3 Å². The summed E-state index contributed by atoms with van der Waals surface area (Å²) in [5.41, 5.74) is 2.40. The van der Waals surface area contributed by atoms with E-state index < -0.39 is 0 Å². The van der Waals surface area contributed by atoms with Gasteiger partial charge >= 0.3 is 0 Å². The summed E-state index contributed by atoms with van der Waals surface area (Å²) in [4.78, 5) is 16.3. The number of piperidine rings is 1. The van der Waals surface area contributed by atoms with Crippen molar-refractivity contribution >= 4 is 5.91 Å². The quantitative estimate of drug-likeness (QED) is 0.863. The van der Waals surface area contributed by atoms with E-state index in [9.17, 15) is 4.79 Å². The Hall–Kier alpha value is -2.33. The molecule has 2 aromatic carbocycles. The molecule has 1 aliphatic rings. The van der Waals surface area contributed by atoms with Crippen LogP contribution in [0.1, 0.15) is 24.0 Å². The highest BCUT2D eigenvalue weighted by Gasteiger charge is 2.31. The van der Waals surface area contributed by atoms with Gasteiger partial charge in [-0.05, 0) is 30.5 Å². The summed E-state index contributed by atoms with van der Waals surface area (Å²) >= 11 is 0. The molecule has 2 unspecified atom stereocenters. The van der Waals surface area contributed by atoms with Gasteiger partial charge in [-0.25, -0.2) is 0 Å². The number of hydrogen-bond acceptors (Lipinski definition) is 2. The van der Waals surface area contributed by atoms with Gasteiger partial charge in [-0.3, -0.25) is 4.79 Å². The lowest BCUT2D eigenvalue weighted by Gasteiger charge is -2.31. The molecule has 1 heterocycles. The van der Waals surface area contributed by atoms with Gasteiger partial charge in [0, 0.05) is 19.2 Å². The molecule has 4 heteroatoms. The van der Waals surface area contributed by atoms with Crippen molar-refractivity contribution in [1.29, 1.82) is 0 Å². The van der Waals surface area contributed by atoms with Crippen molar-refractivity contribution in [3.8, 4) is 5.75 Å². The molecule has 1 amide bonds. The number of nitrogens with zero attached hydrogens (tertiary/aromatic N) is 1. The van der Waals surface area contributed by atoms with Crippen molar-refractivity contribution < 1.29 is 14.4 Å². The number of benzene rings is 2. The van der Waals surface area contributed by atoms with Crippen LogP contribution in [0.15, 0.2) is 54.6 Å². The maximum absolute atomic E-state index is 12.9. The second-order valence-corrected chi connectivity index (χ2v) is 7.21. The summed E-state index contributed by atoms with van der Waals surface area (Å²) in [7, 11) is 3.64. The summed E-state index contributed by atoms with van der Waals surface area (Å²) in [6.07, 6.45) is 2.09. The van der Waals surface area contributed by atoms with E-state index >= 15 is 0 Å². The average Bonchev–Trinajstić information content (AvgIpc) is 2.69. The van der Waals surface area contributed by atoms with E-state index in [1.807, 2.05) is 42.3 Å². The molecule has 0 spiro atoms. The van der Waals surface area contributed by atoms with Crippen LogP contribution in [0.3, 0.4) is 0 Å². The number of likely N-dealkylation sites (tertiary alicyclic amines) is 1. The van der Waals surface area contributed by atoms with E-state index in [0.29, 0.717) is 6.54 Å². The Bertz CT molecular complexity index is 717. The highest BCUT2D eigenvalue weighted by atomic mass is 16.5. The number of quaternary nitrogens is 1. The molecule has 1 saturated heterocycles. The molecule has 0 bridgehead atoms. The van der Waals surface area contributed by atoms with Gasteiger partial charge in [-0.15, -0.1) is 0 Å². The minimum Gasteiger partial charge on any atom is -0.496 e. The van der Waals surface area contributed by atoms with E-state index in [4.69, 9.17) is 4.74 Å². The lowest BCUT2D eigenvalue weighted by molar-refractivity contribution is -0.921. The van der Waals surface area contributed by atoms with Gasteiger partial charge in [0.1, 0.15) is 12.3 Å². The lowest BCUT2D eigenvalue weighted by Crippen LogP contribution is -3.12. The standard InChI is InChI=1S/C22H28N2O2/c1-23(15-18-9-4-3-5-10-18)22(25)20-12-8-14-24(17-20)16-19-11-6-7-13-21(19)26-2/h3-7,9-11,13,20H,8,12,14-17H2,1-2H3/p+1. The minimum absolute atomic E-state index is 0.113. The third-order valence-electron chi connectivity index (χ3n) is 5.24. The van der Waals surface area contributed by atoms with Gasteiger partial charge in [0.25, 0.3) is 0 Å². The zero-order valence-corrected chi connectivity index (χ0v) is 15.8. The van der Waals surface area contributed by atoms with Crippen LogP contribution in [0.5, 0.6) is 5.75 Å². The monoisotopic (exact) mass is 353 g/mol. The molecule has 2 aromatic rings. The number of nitrogens with one attached hydrogen (secondary N) is 1. The van der Waals surface area contributed by atoms with Gasteiger partial charge in [0.2, 0.25) is 5.91 Å². The molecule has 1 fully saturated rings. The van der Waals surface area contributed by atoms with Crippen molar-refractivity contribution in [1.82, 2.24) is 4.90 Å². The van der Waals surface area contributed by atoms with Crippen LogP contribution >= 0.6 is 0 Å². The molecular weight excluding hydrogens is 324 g/mol. The fourth-order valence-electron chi connectivity index (χ4n) is 3.89. The number of rotatable bonds is 6. The van der Waals surface area contributed by atoms with E-state index in [0.717, 1.165) is 38.2 Å². The smallest absolute Gasteiger partial charge is 0.231 e. The number of para-hydroxylation sites is 1. The Morgan fingerprint density at radius 3 is 2.65 bits per heavy atom. The maximum Gasteiger partial charge on any atom is 0.231 e. The largest absolute Gasteiger partial charge is 0.496 e. The Labute approximate surface area is 156 Å². The lowest BCUT2D eigenvalue weighted by atomic mass is 9.96. The van der Waals surface area contributed by atoms with Crippen LogP contribution in [0, 0.1) is 5.92 Å². The molecule has 2 atom stereocenters. The Morgan fingerprint density at radius 1 is 1.15 bits per heavy atom. The fraction of sp³-hybridized carbons (Fsp3) is 0.409. The molecule has 1 N–H and O–H groups in total. The first-order valence-electron chi connectivity index (χ1n) is 9.41. The summed E-state index contributed by atoms with van der Waals surface area (Å²) in [6, 6.07) is 18.4. The van der Waals surface area contributed by atoms with Crippen LogP contribution in [0.4, 0.5) is 0 Å². The van der Waals surface area contributed by atoms with Crippen LogP contribution in [-0.4, -0.2) is 38.1 Å². The van der Waals surface area contributed by atoms with Crippen molar-refractivity contribution in [2.45, 2.75) is 25.9 Å². The molecule has 0 radical (unpaired) electrons. The van der Waals surface area contributed by atoms with Crippen LogP contribution in [-0.2, 0) is 17.9 Å². The average molecular weight is 353 g/mol. The van der Waals surface area contributed by atoms with Crippen LogP contribution < -0.4 is 9.64 Å². The summed E-state index contributed by atoms with van der Waals surface area (Å²) in [5.74, 6) is 1.32. The molecule has 138 valence electrons. The molecule has 0 aromatic heterocycles. The number of ether oxygens (including phenoxy) is 1. The zero-order valence-electron chi connectivity index (χ0n) is 15.8. The number of methoxy groups -OCH3 is 1. The van der Waals surface area contributed by atoms with Gasteiger partial charge in [0.05, 0.1) is 26.1 Å². The highest BCUT2D eigenvalue weighted by molar-refractivity contribution is 5.78. The SMILES string of the molecule is COc1ccccc1C[NH+]1CCCC(C(=O)N(C)Cc2ccccc2)C1. The van der Waals surface area contributed by atoms with Gasteiger partial charge < -0.3 is 14.5 Å². The molecule has 1 aliphatic heterocycles. The molecule has 4 nitrogen and oxygen atoms in total. The maximum atomic E-state index is 12.9. The van der Waals surface area contributed by atoms with Crippen molar-refractivity contribution in [3.63, 3.8) is 0 Å². The molecular formula is C22H29N2O2+. The third-order valence-corrected chi connectivity index (χ3v) is 5.24. The first-order chi connectivity index (χ1) is 12.7. The second-order valence-electron chi connectivity index (χ2n) is 7.21. The number of amides is 1. The van der Waals surface area contributed by atoms with Crippen molar-refractivity contribution in [2.24, 2.45) is 5.92 Å². The van der Waals surface area contributed by atoms with Gasteiger partial charge in [-0.1, -0.05) is 42.5 Å². The first-order valence-corrected chi connectivity index (χ1v) is 9.41. The van der Waals surface area contributed by atoms with Gasteiger partial charge in [-0.2, -0.15) is 0 Å². The van der Waals surface area contributed by atoms with E-state index in [1.54, 1.807) is 7.11 Å². The van der Waals surface area contributed by atoms with Crippen LogP contribution in [0.2, 0.25) is 0 Å². The zero-order chi connectivity index (χ0) is 18.4. The predicted octanol–water partition coefficient (Wildman–Crippen LogP) is 2.15. The minimum atomic E-state index is 0.113. The Morgan fingerprint density at radius 2 is 1.88 bits per heavy atom. The Kier molecular flexibility index (Phi) is 6.29. The predicted molar refractivity (Wildman–Crippen MR) is 103 cm³/mol. The topological polar surface area (TPSA) is 34.0 Å². The third kappa shape index (κ3) is 4.64. The molecule has 26 heavy (non-hydrogen) atoms. The van der Waals surface area contributed by atoms with E-state index in [1.165, 1.54) is 16.0 Å². The second kappa shape index (κ2) is 8.86. The summed E-state index contributed by atoms with van der Waals surface area (Å²) in [5, 5.41) is 0. The molecule has 0 saturated carbocycles. The normalized spacial score (nSPS) is 19.8. The number of carbonyl (C=O) groups excluding carboxylic acids is 1. The summed E-state index contributed by atoms with van der Waals surface area (Å²) < 4.78 is 5.48. The number of carbonyl (C=O) groups is 1.